The summed E-state index contributed by atoms with van der Waals surface area (Å²) in [6.07, 6.45) is 4.37. The molecule has 0 fully saturated rings. The van der Waals surface area contributed by atoms with Crippen molar-refractivity contribution in [2.24, 2.45) is 0 Å². The maximum absolute atomic E-state index is 13.9. The van der Waals surface area contributed by atoms with Crippen LogP contribution in [0.25, 0.3) is 0 Å². The summed E-state index contributed by atoms with van der Waals surface area (Å²) in [4.78, 5) is 20.0. The molecule has 2 heterocycles. The molecule has 0 N–H and O–H groups in total. The standard InChI is InChI=1S/C16H20FN3O3/c1-12(13-7-3-4-8-18-13)20-11-19-15(17)14(20)16(21)23-10-6-5-9-22-2/h3-4,7-8,11-12H,5-6,9-10H2,1-2H3/t12-/m1/s1. The minimum absolute atomic E-state index is 0.185. The van der Waals surface area contributed by atoms with Crippen molar-refractivity contribution in [1.29, 1.82) is 0 Å². The summed E-state index contributed by atoms with van der Waals surface area (Å²) in [5.74, 6) is -1.56. The van der Waals surface area contributed by atoms with E-state index in [9.17, 15) is 9.18 Å². The highest BCUT2D eigenvalue weighted by Crippen LogP contribution is 2.20. The number of aromatic nitrogens is 3. The van der Waals surface area contributed by atoms with Crippen LogP contribution in [0, 0.1) is 5.95 Å². The molecule has 0 bridgehead atoms. The molecular formula is C16H20FN3O3. The number of hydrogen-bond donors (Lipinski definition) is 0. The van der Waals surface area contributed by atoms with Crippen LogP contribution in [0.1, 0.15) is 42.0 Å². The maximum atomic E-state index is 13.9. The molecule has 0 aromatic carbocycles. The highest BCUT2D eigenvalue weighted by Gasteiger charge is 2.24. The largest absolute Gasteiger partial charge is 0.461 e. The number of esters is 1. The van der Waals surface area contributed by atoms with E-state index in [0.717, 1.165) is 6.42 Å². The summed E-state index contributed by atoms with van der Waals surface area (Å²) < 4.78 is 25.4. The van der Waals surface area contributed by atoms with E-state index in [1.54, 1.807) is 19.4 Å². The Morgan fingerprint density at radius 3 is 2.78 bits per heavy atom. The van der Waals surface area contributed by atoms with Crippen LogP contribution in [-0.4, -0.2) is 40.8 Å². The molecule has 0 spiro atoms. The molecule has 1 atom stereocenters. The first-order valence-corrected chi connectivity index (χ1v) is 7.44. The molecule has 6 nitrogen and oxygen atoms in total. The third-order valence-corrected chi connectivity index (χ3v) is 3.45. The molecule has 0 amide bonds. The number of nitrogens with zero attached hydrogens (tertiary/aromatic N) is 3. The lowest BCUT2D eigenvalue weighted by atomic mass is 10.2. The second-order valence-electron chi connectivity index (χ2n) is 5.06. The van der Waals surface area contributed by atoms with Gasteiger partial charge in [-0.05, 0) is 31.9 Å². The van der Waals surface area contributed by atoms with Gasteiger partial charge in [-0.25, -0.2) is 9.78 Å². The Kier molecular flexibility index (Phi) is 6.22. The van der Waals surface area contributed by atoms with Crippen molar-refractivity contribution in [3.63, 3.8) is 0 Å². The van der Waals surface area contributed by atoms with Crippen LogP contribution in [0.5, 0.6) is 0 Å². The number of rotatable bonds is 8. The Balaban J connectivity index is 2.07. The highest BCUT2D eigenvalue weighted by atomic mass is 19.1. The number of methoxy groups -OCH3 is 1. The summed E-state index contributed by atoms with van der Waals surface area (Å²) in [5, 5.41) is 0. The van der Waals surface area contributed by atoms with Gasteiger partial charge in [-0.1, -0.05) is 6.07 Å². The van der Waals surface area contributed by atoms with Gasteiger partial charge >= 0.3 is 5.97 Å². The monoisotopic (exact) mass is 321 g/mol. The lowest BCUT2D eigenvalue weighted by Gasteiger charge is -2.15. The molecule has 0 radical (unpaired) electrons. The second-order valence-corrected chi connectivity index (χ2v) is 5.06. The van der Waals surface area contributed by atoms with E-state index in [0.29, 0.717) is 18.7 Å². The molecule has 2 aromatic rings. The van der Waals surface area contributed by atoms with Gasteiger partial charge in [-0.15, -0.1) is 0 Å². The van der Waals surface area contributed by atoms with Crippen LogP contribution < -0.4 is 0 Å². The van der Waals surface area contributed by atoms with E-state index in [2.05, 4.69) is 9.97 Å². The molecule has 124 valence electrons. The minimum atomic E-state index is -0.838. The Labute approximate surface area is 134 Å². The van der Waals surface area contributed by atoms with Gasteiger partial charge in [0.15, 0.2) is 5.69 Å². The third-order valence-electron chi connectivity index (χ3n) is 3.45. The van der Waals surface area contributed by atoms with Gasteiger partial charge in [-0.2, -0.15) is 4.39 Å². The van der Waals surface area contributed by atoms with Crippen LogP contribution in [0.4, 0.5) is 4.39 Å². The smallest absolute Gasteiger partial charge is 0.359 e. The lowest BCUT2D eigenvalue weighted by molar-refractivity contribution is 0.0469. The van der Waals surface area contributed by atoms with Gasteiger partial charge in [0, 0.05) is 19.9 Å². The van der Waals surface area contributed by atoms with Crippen molar-refractivity contribution in [2.45, 2.75) is 25.8 Å². The van der Waals surface area contributed by atoms with E-state index in [4.69, 9.17) is 9.47 Å². The number of imidazole rings is 1. The Bertz CT molecular complexity index is 631. The summed E-state index contributed by atoms with van der Waals surface area (Å²) >= 11 is 0. The molecule has 0 unspecified atom stereocenters. The van der Waals surface area contributed by atoms with Crippen LogP contribution in [0.15, 0.2) is 30.7 Å². The van der Waals surface area contributed by atoms with Crippen LogP contribution in [0.2, 0.25) is 0 Å². The van der Waals surface area contributed by atoms with Gasteiger partial charge in [0.05, 0.1) is 24.7 Å². The van der Waals surface area contributed by atoms with E-state index in [1.807, 2.05) is 19.1 Å². The summed E-state index contributed by atoms with van der Waals surface area (Å²) in [6.45, 7) is 2.63. The van der Waals surface area contributed by atoms with Gasteiger partial charge in [-0.3, -0.25) is 4.98 Å². The zero-order chi connectivity index (χ0) is 16.7. The summed E-state index contributed by atoms with van der Waals surface area (Å²) in [6, 6.07) is 5.10. The third kappa shape index (κ3) is 4.35. The Hall–Kier alpha value is -2.28. The molecule has 0 saturated carbocycles. The quantitative estimate of drug-likeness (QED) is 0.552. The number of pyridine rings is 1. The van der Waals surface area contributed by atoms with E-state index >= 15 is 0 Å². The fourth-order valence-electron chi connectivity index (χ4n) is 2.17. The van der Waals surface area contributed by atoms with Crippen molar-refractivity contribution in [3.05, 3.63) is 48.1 Å². The molecule has 2 aromatic heterocycles. The number of unbranched alkanes of at least 4 members (excludes halogenated alkanes) is 1. The first kappa shape index (κ1) is 17.1. The molecule has 7 heteroatoms. The Morgan fingerprint density at radius 2 is 2.09 bits per heavy atom. The first-order chi connectivity index (χ1) is 11.1. The second kappa shape index (κ2) is 8.38. The lowest BCUT2D eigenvalue weighted by Crippen LogP contribution is -2.18. The number of carbonyl (C=O) groups excluding carboxylic acids is 1. The minimum Gasteiger partial charge on any atom is -0.461 e. The average Bonchev–Trinajstić information content (AvgIpc) is 2.96. The van der Waals surface area contributed by atoms with Crippen molar-refractivity contribution in [2.75, 3.05) is 20.3 Å². The van der Waals surface area contributed by atoms with Crippen molar-refractivity contribution in [3.8, 4) is 0 Å². The van der Waals surface area contributed by atoms with Gasteiger partial charge < -0.3 is 14.0 Å². The first-order valence-electron chi connectivity index (χ1n) is 7.44. The van der Waals surface area contributed by atoms with Gasteiger partial charge in [0.2, 0.25) is 5.95 Å². The highest BCUT2D eigenvalue weighted by molar-refractivity contribution is 5.87. The summed E-state index contributed by atoms with van der Waals surface area (Å²) in [7, 11) is 1.61. The SMILES string of the molecule is COCCCCOC(=O)c1c(F)ncn1[C@H](C)c1ccccn1. The zero-order valence-corrected chi connectivity index (χ0v) is 13.2. The molecule has 0 aliphatic rings. The summed E-state index contributed by atoms with van der Waals surface area (Å²) in [5.41, 5.74) is 0.522. The molecule has 23 heavy (non-hydrogen) atoms. The fraction of sp³-hybridized carbons (Fsp3) is 0.438. The van der Waals surface area contributed by atoms with Crippen molar-refractivity contribution >= 4 is 5.97 Å². The van der Waals surface area contributed by atoms with E-state index < -0.39 is 11.9 Å². The van der Waals surface area contributed by atoms with Crippen LogP contribution in [0.3, 0.4) is 0 Å². The molecule has 2 rings (SSSR count). The van der Waals surface area contributed by atoms with Gasteiger partial charge in [0.1, 0.15) is 0 Å². The molecule has 0 saturated heterocycles. The van der Waals surface area contributed by atoms with Crippen molar-refractivity contribution in [1.82, 2.24) is 14.5 Å². The topological polar surface area (TPSA) is 66.2 Å². The van der Waals surface area contributed by atoms with Crippen molar-refractivity contribution < 1.29 is 18.7 Å². The fourth-order valence-corrected chi connectivity index (χ4v) is 2.17. The molecule has 0 aliphatic heterocycles. The zero-order valence-electron chi connectivity index (χ0n) is 13.2. The van der Waals surface area contributed by atoms with Gasteiger partial charge in [0.25, 0.3) is 0 Å². The number of halogens is 1. The number of hydrogen-bond acceptors (Lipinski definition) is 5. The molecule has 0 aliphatic carbocycles. The predicted octanol–water partition coefficient (Wildman–Crippen LogP) is 2.61. The van der Waals surface area contributed by atoms with Crippen LogP contribution in [-0.2, 0) is 9.47 Å². The normalized spacial score (nSPS) is 12.1. The van der Waals surface area contributed by atoms with Crippen LogP contribution >= 0.6 is 0 Å². The van der Waals surface area contributed by atoms with E-state index in [1.165, 1.54) is 10.9 Å². The average molecular weight is 321 g/mol. The van der Waals surface area contributed by atoms with E-state index in [-0.39, 0.29) is 18.3 Å². The maximum Gasteiger partial charge on any atom is 0.359 e. The number of carbonyl (C=O) groups is 1. The Morgan fingerprint density at radius 1 is 1.30 bits per heavy atom. The number of ether oxygens (including phenoxy) is 2. The predicted molar refractivity (Wildman–Crippen MR) is 81.6 cm³/mol. The molecular weight excluding hydrogens is 301 g/mol.